The van der Waals surface area contributed by atoms with Gasteiger partial charge in [-0.05, 0) is 40.0 Å². The van der Waals surface area contributed by atoms with Crippen LogP contribution in [0, 0.1) is 11.8 Å². The van der Waals surface area contributed by atoms with Crippen LogP contribution in [0.25, 0.3) is 0 Å². The molecule has 114 valence electrons. The lowest BCUT2D eigenvalue weighted by Gasteiger charge is -2.32. The molecule has 1 aliphatic carbocycles. The van der Waals surface area contributed by atoms with Gasteiger partial charge in [-0.1, -0.05) is 12.2 Å². The van der Waals surface area contributed by atoms with Gasteiger partial charge in [0.2, 0.25) is 5.91 Å². The van der Waals surface area contributed by atoms with Gasteiger partial charge in [-0.25, -0.2) is 0 Å². The van der Waals surface area contributed by atoms with Gasteiger partial charge in [0.05, 0.1) is 19.6 Å². The molecule has 0 saturated carbocycles. The first kappa shape index (κ1) is 15.6. The quantitative estimate of drug-likeness (QED) is 0.755. The molecule has 1 aliphatic heterocycles. The second kappa shape index (κ2) is 6.75. The lowest BCUT2D eigenvalue weighted by molar-refractivity contribution is -0.909. The van der Waals surface area contributed by atoms with E-state index < -0.39 is 0 Å². The Bertz CT molecular complexity index is 348. The summed E-state index contributed by atoms with van der Waals surface area (Å²) in [6.07, 6.45) is 10.6. The average molecular weight is 279 g/mol. The zero-order valence-electron chi connectivity index (χ0n) is 13.4. The molecule has 20 heavy (non-hydrogen) atoms. The molecule has 0 aromatic heterocycles. The number of hydrogen-bond acceptors (Lipinski definition) is 1. The van der Waals surface area contributed by atoms with E-state index in [9.17, 15) is 4.79 Å². The van der Waals surface area contributed by atoms with Crippen LogP contribution in [0.4, 0.5) is 0 Å². The number of rotatable bonds is 3. The van der Waals surface area contributed by atoms with E-state index in [4.69, 9.17) is 0 Å². The molecule has 1 saturated heterocycles. The minimum Gasteiger partial charge on any atom is -0.351 e. The summed E-state index contributed by atoms with van der Waals surface area (Å²) in [5.41, 5.74) is -0.102. The molecule has 2 N–H and O–H groups in total. The van der Waals surface area contributed by atoms with Gasteiger partial charge in [-0.15, -0.1) is 0 Å². The van der Waals surface area contributed by atoms with E-state index in [1.54, 1.807) is 4.90 Å². The fourth-order valence-electron chi connectivity index (χ4n) is 3.41. The van der Waals surface area contributed by atoms with Crippen molar-refractivity contribution in [2.45, 2.75) is 58.4 Å². The maximum absolute atomic E-state index is 12.2. The smallest absolute Gasteiger partial charge is 0.223 e. The number of piperidine rings is 1. The van der Waals surface area contributed by atoms with Crippen LogP contribution >= 0.6 is 0 Å². The van der Waals surface area contributed by atoms with Gasteiger partial charge in [-0.3, -0.25) is 4.79 Å². The molecule has 0 unspecified atom stereocenters. The monoisotopic (exact) mass is 279 g/mol. The molecule has 2 aliphatic rings. The van der Waals surface area contributed by atoms with Crippen LogP contribution in [0.15, 0.2) is 12.2 Å². The number of allylic oxidation sites excluding steroid dienone is 2. The van der Waals surface area contributed by atoms with E-state index in [0.29, 0.717) is 0 Å². The predicted octanol–water partition coefficient (Wildman–Crippen LogP) is 1.55. The van der Waals surface area contributed by atoms with E-state index in [2.05, 4.69) is 38.2 Å². The zero-order chi connectivity index (χ0) is 14.6. The Balaban J connectivity index is 1.72. The van der Waals surface area contributed by atoms with Crippen molar-refractivity contribution in [3.63, 3.8) is 0 Å². The Labute approximate surface area is 123 Å². The lowest BCUT2D eigenvalue weighted by Crippen LogP contribution is -3.13. The average Bonchev–Trinajstić information content (AvgIpc) is 2.39. The number of amides is 1. The van der Waals surface area contributed by atoms with Crippen molar-refractivity contribution < 1.29 is 9.69 Å². The molecule has 0 bridgehead atoms. The summed E-state index contributed by atoms with van der Waals surface area (Å²) in [6, 6.07) is 0. The topological polar surface area (TPSA) is 33.5 Å². The molecule has 3 nitrogen and oxygen atoms in total. The van der Waals surface area contributed by atoms with E-state index in [0.717, 1.165) is 18.8 Å². The van der Waals surface area contributed by atoms with Crippen LogP contribution in [0.2, 0.25) is 0 Å². The highest BCUT2D eigenvalue weighted by Gasteiger charge is 2.30. The van der Waals surface area contributed by atoms with Crippen molar-refractivity contribution in [2.75, 3.05) is 19.6 Å². The lowest BCUT2D eigenvalue weighted by atomic mass is 9.91. The number of carbonyl (C=O) groups excluding carboxylic acids is 1. The molecule has 0 aromatic carbocycles. The Kier molecular flexibility index (Phi) is 5.25. The summed E-state index contributed by atoms with van der Waals surface area (Å²) in [5, 5.41) is 3.13. The molecule has 0 aromatic rings. The van der Waals surface area contributed by atoms with Gasteiger partial charge in [0.15, 0.2) is 0 Å². The number of quaternary nitrogens is 1. The molecule has 1 atom stereocenters. The standard InChI is InChI=1S/C17H30N2O/c1-17(2,3)18-16(20)15-9-11-19(12-10-15)13-14-7-5-4-6-8-14/h4-5,14-15H,6-13H2,1-3H3,(H,18,20)/p+1/t14-/m0/s1. The highest BCUT2D eigenvalue weighted by Crippen LogP contribution is 2.17. The van der Waals surface area contributed by atoms with E-state index >= 15 is 0 Å². The van der Waals surface area contributed by atoms with Crippen LogP contribution in [0.5, 0.6) is 0 Å². The first-order chi connectivity index (χ1) is 9.44. The first-order valence-corrected chi connectivity index (χ1v) is 8.24. The molecule has 1 heterocycles. The molecule has 3 heteroatoms. The number of nitrogens with one attached hydrogen (secondary N) is 2. The maximum Gasteiger partial charge on any atom is 0.223 e. The Morgan fingerprint density at radius 1 is 1.20 bits per heavy atom. The highest BCUT2D eigenvalue weighted by atomic mass is 16.2. The fraction of sp³-hybridized carbons (Fsp3) is 0.824. The molecular weight excluding hydrogens is 248 g/mol. The van der Waals surface area contributed by atoms with Gasteiger partial charge in [-0.2, -0.15) is 0 Å². The summed E-state index contributed by atoms with van der Waals surface area (Å²) < 4.78 is 0. The molecule has 1 amide bonds. The second-order valence-electron chi connectivity index (χ2n) is 7.62. The van der Waals surface area contributed by atoms with Crippen molar-refractivity contribution in [1.29, 1.82) is 0 Å². The maximum atomic E-state index is 12.2. The van der Waals surface area contributed by atoms with E-state index in [-0.39, 0.29) is 17.4 Å². The largest absolute Gasteiger partial charge is 0.351 e. The molecule has 0 radical (unpaired) electrons. The third-order valence-corrected chi connectivity index (χ3v) is 4.52. The third kappa shape index (κ3) is 4.93. The third-order valence-electron chi connectivity index (χ3n) is 4.52. The van der Waals surface area contributed by atoms with Crippen LogP contribution in [-0.2, 0) is 4.79 Å². The zero-order valence-corrected chi connectivity index (χ0v) is 13.4. The molecule has 0 spiro atoms. The molecular formula is C17H31N2O+. The van der Waals surface area contributed by atoms with Crippen molar-refractivity contribution in [2.24, 2.45) is 11.8 Å². The van der Waals surface area contributed by atoms with Crippen molar-refractivity contribution >= 4 is 5.91 Å². The normalized spacial score (nSPS) is 31.1. The van der Waals surface area contributed by atoms with Gasteiger partial charge >= 0.3 is 0 Å². The minimum absolute atomic E-state index is 0.102. The van der Waals surface area contributed by atoms with Crippen LogP contribution in [-0.4, -0.2) is 31.1 Å². The number of hydrogen-bond donors (Lipinski definition) is 2. The minimum atomic E-state index is -0.102. The van der Waals surface area contributed by atoms with Crippen LogP contribution < -0.4 is 10.2 Å². The van der Waals surface area contributed by atoms with E-state index in [1.165, 1.54) is 38.9 Å². The summed E-state index contributed by atoms with van der Waals surface area (Å²) in [6.45, 7) is 9.81. The van der Waals surface area contributed by atoms with E-state index in [1.807, 2.05) is 0 Å². The van der Waals surface area contributed by atoms with Crippen LogP contribution in [0.3, 0.4) is 0 Å². The summed E-state index contributed by atoms with van der Waals surface area (Å²) in [7, 11) is 0. The summed E-state index contributed by atoms with van der Waals surface area (Å²) in [5.74, 6) is 1.37. The fourth-order valence-corrected chi connectivity index (χ4v) is 3.41. The SMILES string of the molecule is CC(C)(C)NC(=O)C1CC[NH+](C[C@H]2CC=CCC2)CC1. The summed E-state index contributed by atoms with van der Waals surface area (Å²) >= 11 is 0. The molecule has 2 rings (SSSR count). The second-order valence-corrected chi connectivity index (χ2v) is 7.62. The van der Waals surface area contributed by atoms with Gasteiger partial charge in [0, 0.05) is 30.2 Å². The Morgan fingerprint density at radius 3 is 2.45 bits per heavy atom. The highest BCUT2D eigenvalue weighted by molar-refractivity contribution is 5.79. The number of carbonyl (C=O) groups is 1. The van der Waals surface area contributed by atoms with Gasteiger partial charge in [0.25, 0.3) is 0 Å². The van der Waals surface area contributed by atoms with Crippen LogP contribution in [0.1, 0.15) is 52.9 Å². The van der Waals surface area contributed by atoms with Gasteiger partial charge < -0.3 is 10.2 Å². The molecule has 1 fully saturated rings. The van der Waals surface area contributed by atoms with Crippen molar-refractivity contribution in [3.05, 3.63) is 12.2 Å². The first-order valence-electron chi connectivity index (χ1n) is 8.24. The summed E-state index contributed by atoms with van der Waals surface area (Å²) in [4.78, 5) is 13.9. The van der Waals surface area contributed by atoms with Crippen molar-refractivity contribution in [1.82, 2.24) is 5.32 Å². The Morgan fingerprint density at radius 2 is 1.90 bits per heavy atom. The number of likely N-dealkylation sites (tertiary alicyclic amines) is 1. The van der Waals surface area contributed by atoms with Gasteiger partial charge in [0.1, 0.15) is 0 Å². The van der Waals surface area contributed by atoms with Crippen molar-refractivity contribution in [3.8, 4) is 0 Å². The predicted molar refractivity (Wildman–Crippen MR) is 82.7 cm³/mol. The Hall–Kier alpha value is -0.830.